The first kappa shape index (κ1) is 13.9. The van der Waals surface area contributed by atoms with E-state index in [1.807, 2.05) is 4.90 Å². The Balaban J connectivity index is 2.78. The first-order valence-electron chi connectivity index (χ1n) is 5.47. The lowest BCUT2D eigenvalue weighted by molar-refractivity contribution is -0.127. The first-order valence-corrected chi connectivity index (χ1v) is 6.26. The Morgan fingerprint density at radius 3 is 2.41 bits per heavy atom. The lowest BCUT2D eigenvalue weighted by atomic mass is 10.4. The Bertz CT molecular complexity index is 366. The van der Waals surface area contributed by atoms with E-state index < -0.39 is 0 Å². The fourth-order valence-electron chi connectivity index (χ4n) is 1.29. The Hall–Kier alpha value is -1.17. The highest BCUT2D eigenvalue weighted by Gasteiger charge is 2.14. The molecule has 0 aromatic carbocycles. The van der Waals surface area contributed by atoms with E-state index in [1.165, 1.54) is 0 Å². The van der Waals surface area contributed by atoms with Crippen molar-refractivity contribution in [1.29, 1.82) is 0 Å². The predicted molar refractivity (Wildman–Crippen MR) is 70.9 cm³/mol. The van der Waals surface area contributed by atoms with E-state index in [-0.39, 0.29) is 5.91 Å². The van der Waals surface area contributed by atoms with Crippen molar-refractivity contribution in [2.45, 2.75) is 13.3 Å². The molecule has 0 radical (unpaired) electrons. The van der Waals surface area contributed by atoms with Crippen molar-refractivity contribution in [3.8, 4) is 0 Å². The summed E-state index contributed by atoms with van der Waals surface area (Å²) in [6.07, 6.45) is 4.32. The third-order valence-corrected chi connectivity index (χ3v) is 2.62. The van der Waals surface area contributed by atoms with Crippen molar-refractivity contribution in [2.75, 3.05) is 32.1 Å². The molecule has 1 aromatic heterocycles. The highest BCUT2D eigenvalue weighted by Crippen LogP contribution is 2.11. The van der Waals surface area contributed by atoms with Crippen LogP contribution in [0.1, 0.15) is 13.3 Å². The van der Waals surface area contributed by atoms with Crippen molar-refractivity contribution in [3.63, 3.8) is 0 Å². The first-order chi connectivity index (χ1) is 8.04. The molecule has 1 amide bonds. The zero-order chi connectivity index (χ0) is 12.8. The molecule has 0 unspecified atom stereocenters. The molecule has 1 rings (SSSR count). The van der Waals surface area contributed by atoms with E-state index in [9.17, 15) is 4.79 Å². The monoisotopic (exact) mass is 300 g/mol. The molecule has 0 bridgehead atoms. The van der Waals surface area contributed by atoms with Crippen LogP contribution in [0.2, 0.25) is 0 Å². The molecule has 17 heavy (non-hydrogen) atoms. The van der Waals surface area contributed by atoms with Gasteiger partial charge in [0.15, 0.2) is 0 Å². The smallest absolute Gasteiger partial charge is 0.241 e. The predicted octanol–water partition coefficient (Wildman–Crippen LogP) is 1.54. The maximum Gasteiger partial charge on any atom is 0.241 e. The van der Waals surface area contributed by atoms with Crippen molar-refractivity contribution in [1.82, 2.24) is 14.9 Å². The van der Waals surface area contributed by atoms with E-state index in [0.717, 1.165) is 17.4 Å². The van der Waals surface area contributed by atoms with Crippen LogP contribution < -0.4 is 4.90 Å². The van der Waals surface area contributed by atoms with Gasteiger partial charge in [-0.1, -0.05) is 6.92 Å². The van der Waals surface area contributed by atoms with Gasteiger partial charge in [0.25, 0.3) is 0 Å². The minimum Gasteiger partial charge on any atom is -0.347 e. The SMILES string of the molecule is CCCN(CC(=O)N(C)C)c1ncc(Br)cn1. The summed E-state index contributed by atoms with van der Waals surface area (Å²) in [5.74, 6) is 0.634. The van der Waals surface area contributed by atoms with Gasteiger partial charge in [0.2, 0.25) is 11.9 Å². The minimum atomic E-state index is 0.0463. The molecule has 0 spiro atoms. The number of hydrogen-bond donors (Lipinski definition) is 0. The third-order valence-electron chi connectivity index (χ3n) is 2.21. The quantitative estimate of drug-likeness (QED) is 0.828. The van der Waals surface area contributed by atoms with Crippen LogP contribution in [0.5, 0.6) is 0 Å². The number of anilines is 1. The molecule has 0 saturated carbocycles. The summed E-state index contributed by atoms with van der Waals surface area (Å²) in [5.41, 5.74) is 0. The number of nitrogens with zero attached hydrogens (tertiary/aromatic N) is 4. The molecule has 0 aliphatic carbocycles. The number of carbonyl (C=O) groups is 1. The van der Waals surface area contributed by atoms with Crippen molar-refractivity contribution >= 4 is 27.8 Å². The highest BCUT2D eigenvalue weighted by molar-refractivity contribution is 9.10. The number of likely N-dealkylation sites (N-methyl/N-ethyl adjacent to an activating group) is 1. The summed E-state index contributed by atoms with van der Waals surface area (Å²) in [4.78, 5) is 23.6. The van der Waals surface area contributed by atoms with Gasteiger partial charge in [-0.25, -0.2) is 9.97 Å². The Morgan fingerprint density at radius 2 is 1.94 bits per heavy atom. The summed E-state index contributed by atoms with van der Waals surface area (Å²) < 4.78 is 0.830. The second kappa shape index (κ2) is 6.54. The van der Waals surface area contributed by atoms with Gasteiger partial charge in [0.1, 0.15) is 0 Å². The van der Waals surface area contributed by atoms with Crippen molar-refractivity contribution in [2.24, 2.45) is 0 Å². The van der Waals surface area contributed by atoms with Crippen LogP contribution in [-0.2, 0) is 4.79 Å². The van der Waals surface area contributed by atoms with Gasteiger partial charge in [0, 0.05) is 33.0 Å². The van der Waals surface area contributed by atoms with Crippen molar-refractivity contribution in [3.05, 3.63) is 16.9 Å². The number of hydrogen-bond acceptors (Lipinski definition) is 4. The topological polar surface area (TPSA) is 49.3 Å². The lowest BCUT2D eigenvalue weighted by Gasteiger charge is -2.22. The Kier molecular flexibility index (Phi) is 5.34. The maximum atomic E-state index is 11.7. The molecule has 0 fully saturated rings. The highest BCUT2D eigenvalue weighted by atomic mass is 79.9. The van der Waals surface area contributed by atoms with E-state index in [4.69, 9.17) is 0 Å². The fourth-order valence-corrected chi connectivity index (χ4v) is 1.50. The summed E-state index contributed by atoms with van der Waals surface area (Å²) in [7, 11) is 3.49. The summed E-state index contributed by atoms with van der Waals surface area (Å²) in [5, 5.41) is 0. The van der Waals surface area contributed by atoms with Gasteiger partial charge >= 0.3 is 0 Å². The second-order valence-corrected chi connectivity index (χ2v) is 4.83. The largest absolute Gasteiger partial charge is 0.347 e. The summed E-state index contributed by atoms with van der Waals surface area (Å²) in [6, 6.07) is 0. The van der Waals surface area contributed by atoms with E-state index in [0.29, 0.717) is 12.5 Å². The van der Waals surface area contributed by atoms with Crippen LogP contribution in [0.4, 0.5) is 5.95 Å². The molecule has 5 nitrogen and oxygen atoms in total. The minimum absolute atomic E-state index is 0.0463. The molecule has 1 aromatic rings. The number of aromatic nitrogens is 2. The maximum absolute atomic E-state index is 11.7. The number of rotatable bonds is 5. The van der Waals surface area contributed by atoms with Crippen LogP contribution in [0.3, 0.4) is 0 Å². The summed E-state index contributed by atoms with van der Waals surface area (Å²) >= 11 is 3.29. The Labute approximate surface area is 110 Å². The molecule has 0 atom stereocenters. The molecule has 1 heterocycles. The van der Waals surface area contributed by atoms with Gasteiger partial charge in [-0.05, 0) is 22.4 Å². The molecule has 0 aliphatic heterocycles. The number of halogens is 1. The van der Waals surface area contributed by atoms with Crippen molar-refractivity contribution < 1.29 is 4.79 Å². The molecule has 94 valence electrons. The van der Waals surface area contributed by atoms with Crippen LogP contribution in [0.15, 0.2) is 16.9 Å². The zero-order valence-corrected chi connectivity index (χ0v) is 11.9. The number of carbonyl (C=O) groups excluding carboxylic acids is 1. The van der Waals surface area contributed by atoms with Crippen LogP contribution in [0, 0.1) is 0 Å². The normalized spacial score (nSPS) is 10.1. The zero-order valence-electron chi connectivity index (χ0n) is 10.4. The lowest BCUT2D eigenvalue weighted by Crippen LogP contribution is -2.38. The molecule has 0 saturated heterocycles. The standard InChI is InChI=1S/C11H17BrN4O/c1-4-5-16(8-10(17)15(2)3)11-13-6-9(12)7-14-11/h6-7H,4-5,8H2,1-3H3. The van der Waals surface area contributed by atoms with Gasteiger partial charge in [0.05, 0.1) is 11.0 Å². The molecular weight excluding hydrogens is 284 g/mol. The Morgan fingerprint density at radius 1 is 1.35 bits per heavy atom. The molecular formula is C11H17BrN4O. The van der Waals surface area contributed by atoms with E-state index >= 15 is 0 Å². The molecule has 0 aliphatic rings. The fraction of sp³-hybridized carbons (Fsp3) is 0.545. The van der Waals surface area contributed by atoms with Gasteiger partial charge in [-0.15, -0.1) is 0 Å². The average Bonchev–Trinajstić information content (AvgIpc) is 2.29. The average molecular weight is 301 g/mol. The van der Waals surface area contributed by atoms with Gasteiger partial charge < -0.3 is 9.80 Å². The summed E-state index contributed by atoms with van der Waals surface area (Å²) in [6.45, 7) is 3.13. The molecule has 6 heteroatoms. The molecule has 0 N–H and O–H groups in total. The second-order valence-electron chi connectivity index (χ2n) is 3.91. The number of amides is 1. The third kappa shape index (κ3) is 4.30. The van der Waals surface area contributed by atoms with Crippen LogP contribution in [0.25, 0.3) is 0 Å². The van der Waals surface area contributed by atoms with E-state index in [2.05, 4.69) is 32.8 Å². The van der Waals surface area contributed by atoms with Gasteiger partial charge in [-0.2, -0.15) is 0 Å². The van der Waals surface area contributed by atoms with E-state index in [1.54, 1.807) is 31.4 Å². The van der Waals surface area contributed by atoms with Crippen LogP contribution in [-0.4, -0.2) is 48.0 Å². The van der Waals surface area contributed by atoms with Crippen LogP contribution >= 0.6 is 15.9 Å². The van der Waals surface area contributed by atoms with Gasteiger partial charge in [-0.3, -0.25) is 4.79 Å².